The molecule has 2 nitrogen and oxygen atoms in total. The first-order chi connectivity index (χ1) is 5.93. The first-order valence-electron chi connectivity index (χ1n) is 5.17. The summed E-state index contributed by atoms with van der Waals surface area (Å²) in [7, 11) is 1.93. The van der Waals surface area contributed by atoms with Crippen molar-refractivity contribution in [1.29, 1.82) is 0 Å². The highest BCUT2D eigenvalue weighted by Crippen LogP contribution is 2.58. The fourth-order valence-electron chi connectivity index (χ4n) is 3.37. The first-order valence-corrected chi connectivity index (χ1v) is 5.17. The lowest BCUT2D eigenvalue weighted by atomic mass is 9.51. The van der Waals surface area contributed by atoms with Crippen LogP contribution in [0.1, 0.15) is 39.5 Å². The zero-order valence-electron chi connectivity index (χ0n) is 8.89. The molecule has 0 aromatic heterocycles. The summed E-state index contributed by atoms with van der Waals surface area (Å²) >= 11 is 0. The smallest absolute Gasteiger partial charge is 0.222 e. The van der Waals surface area contributed by atoms with Gasteiger partial charge in [-0.3, -0.25) is 4.79 Å². The van der Waals surface area contributed by atoms with E-state index in [0.29, 0.717) is 16.7 Å². The van der Waals surface area contributed by atoms with Crippen LogP contribution in [0.3, 0.4) is 0 Å². The minimum Gasteiger partial charge on any atom is -0.346 e. The van der Waals surface area contributed by atoms with Gasteiger partial charge in [-0.1, -0.05) is 13.8 Å². The number of nitrogens with zero attached hydrogens (tertiary/aromatic N) is 1. The van der Waals surface area contributed by atoms with Crippen molar-refractivity contribution in [2.75, 3.05) is 13.6 Å². The highest BCUT2D eigenvalue weighted by Gasteiger charge is 2.50. The minimum absolute atomic E-state index is 0.320. The molecule has 3 fully saturated rings. The van der Waals surface area contributed by atoms with Crippen LogP contribution in [-0.2, 0) is 4.79 Å². The van der Waals surface area contributed by atoms with Crippen LogP contribution in [0.15, 0.2) is 0 Å². The predicted molar refractivity (Wildman–Crippen MR) is 52.3 cm³/mol. The molecule has 2 heteroatoms. The molecule has 2 aliphatic heterocycles. The summed E-state index contributed by atoms with van der Waals surface area (Å²) in [6, 6.07) is 0. The van der Waals surface area contributed by atoms with Gasteiger partial charge in [-0.2, -0.15) is 0 Å². The average Bonchev–Trinajstić information content (AvgIpc) is 1.95. The van der Waals surface area contributed by atoms with Crippen LogP contribution in [0.2, 0.25) is 0 Å². The normalized spacial score (nSPS) is 45.2. The van der Waals surface area contributed by atoms with Crippen LogP contribution in [0.5, 0.6) is 0 Å². The van der Waals surface area contributed by atoms with Crippen molar-refractivity contribution in [1.82, 2.24) is 4.90 Å². The SMILES string of the molecule is CN1CCC2(C)CC(C)(CC1=O)C2. The van der Waals surface area contributed by atoms with Gasteiger partial charge in [-0.25, -0.2) is 0 Å². The van der Waals surface area contributed by atoms with E-state index in [2.05, 4.69) is 13.8 Å². The third kappa shape index (κ3) is 1.47. The maximum absolute atomic E-state index is 11.6. The molecule has 1 aliphatic carbocycles. The number of hydrogen-bond donors (Lipinski definition) is 0. The molecule has 0 aromatic carbocycles. The van der Waals surface area contributed by atoms with E-state index >= 15 is 0 Å². The predicted octanol–water partition coefficient (Wildman–Crippen LogP) is 2.04. The molecular formula is C11H19NO. The average molecular weight is 181 g/mol. The van der Waals surface area contributed by atoms with Crippen molar-refractivity contribution in [2.24, 2.45) is 10.8 Å². The van der Waals surface area contributed by atoms with E-state index < -0.39 is 0 Å². The molecule has 1 amide bonds. The molecule has 0 radical (unpaired) electrons. The second-order valence-electron chi connectivity index (χ2n) is 5.72. The molecule has 13 heavy (non-hydrogen) atoms. The Hall–Kier alpha value is -0.530. The molecule has 2 bridgehead atoms. The lowest BCUT2D eigenvalue weighted by molar-refractivity contribution is -0.142. The molecule has 0 N–H and O–H groups in total. The maximum atomic E-state index is 11.6. The zero-order valence-corrected chi connectivity index (χ0v) is 8.89. The fourth-order valence-corrected chi connectivity index (χ4v) is 3.37. The molecule has 74 valence electrons. The summed E-state index contributed by atoms with van der Waals surface area (Å²) in [4.78, 5) is 13.5. The van der Waals surface area contributed by atoms with Crippen LogP contribution in [0.4, 0.5) is 0 Å². The van der Waals surface area contributed by atoms with E-state index in [1.54, 1.807) is 0 Å². The van der Waals surface area contributed by atoms with Crippen molar-refractivity contribution in [3.05, 3.63) is 0 Å². The van der Waals surface area contributed by atoms with Gasteiger partial charge in [0.25, 0.3) is 0 Å². The Kier molecular flexibility index (Phi) is 1.73. The van der Waals surface area contributed by atoms with Gasteiger partial charge in [0.05, 0.1) is 0 Å². The first kappa shape index (κ1) is 9.04. The van der Waals surface area contributed by atoms with Crippen LogP contribution in [0.25, 0.3) is 0 Å². The Balaban J connectivity index is 2.13. The lowest BCUT2D eigenvalue weighted by Crippen LogP contribution is -2.50. The summed E-state index contributed by atoms with van der Waals surface area (Å²) in [5.74, 6) is 0.337. The molecule has 2 heterocycles. The van der Waals surface area contributed by atoms with E-state index in [1.165, 1.54) is 19.3 Å². The van der Waals surface area contributed by atoms with Gasteiger partial charge >= 0.3 is 0 Å². The third-order valence-corrected chi connectivity index (χ3v) is 3.76. The van der Waals surface area contributed by atoms with Gasteiger partial charge in [0, 0.05) is 20.0 Å². The van der Waals surface area contributed by atoms with Crippen LogP contribution >= 0.6 is 0 Å². The van der Waals surface area contributed by atoms with Crippen molar-refractivity contribution in [3.63, 3.8) is 0 Å². The van der Waals surface area contributed by atoms with Crippen LogP contribution in [0, 0.1) is 10.8 Å². The van der Waals surface area contributed by atoms with E-state index in [1.807, 2.05) is 11.9 Å². The molecule has 0 spiro atoms. The van der Waals surface area contributed by atoms with E-state index in [0.717, 1.165) is 13.0 Å². The van der Waals surface area contributed by atoms with Gasteiger partial charge in [0.2, 0.25) is 5.91 Å². The number of hydrogen-bond acceptors (Lipinski definition) is 1. The van der Waals surface area contributed by atoms with Gasteiger partial charge in [0.1, 0.15) is 0 Å². The number of amides is 1. The number of carbonyl (C=O) groups excluding carboxylic acids is 1. The van der Waals surface area contributed by atoms with Gasteiger partial charge < -0.3 is 4.90 Å². The molecule has 1 saturated carbocycles. The van der Waals surface area contributed by atoms with E-state index in [9.17, 15) is 4.79 Å². The lowest BCUT2D eigenvalue weighted by Gasteiger charge is -2.55. The maximum Gasteiger partial charge on any atom is 0.222 e. The van der Waals surface area contributed by atoms with Gasteiger partial charge in [-0.15, -0.1) is 0 Å². The topological polar surface area (TPSA) is 20.3 Å². The van der Waals surface area contributed by atoms with E-state index in [4.69, 9.17) is 0 Å². The second kappa shape index (κ2) is 2.49. The Morgan fingerprint density at radius 2 is 1.85 bits per heavy atom. The van der Waals surface area contributed by atoms with E-state index in [-0.39, 0.29) is 0 Å². The molecule has 3 aliphatic rings. The van der Waals surface area contributed by atoms with Crippen molar-refractivity contribution in [3.8, 4) is 0 Å². The zero-order chi connectivity index (χ0) is 9.69. The van der Waals surface area contributed by atoms with Crippen molar-refractivity contribution < 1.29 is 4.79 Å². The largest absolute Gasteiger partial charge is 0.346 e. The standard InChI is InChI=1S/C11H19NO/c1-10-4-5-12(3)9(13)6-11(2,7-10)8-10/h4-8H2,1-3H3. The number of fused-ring (bicyclic) bond motifs is 4. The second-order valence-corrected chi connectivity index (χ2v) is 5.72. The van der Waals surface area contributed by atoms with Crippen LogP contribution in [-0.4, -0.2) is 24.4 Å². The molecule has 3 rings (SSSR count). The highest BCUT2D eigenvalue weighted by molar-refractivity contribution is 5.77. The molecule has 0 unspecified atom stereocenters. The molecule has 0 atom stereocenters. The van der Waals surface area contributed by atoms with Gasteiger partial charge in [-0.05, 0) is 30.1 Å². The Morgan fingerprint density at radius 1 is 1.23 bits per heavy atom. The highest BCUT2D eigenvalue weighted by atomic mass is 16.2. The molecule has 2 saturated heterocycles. The number of carbonyl (C=O) groups is 1. The minimum atomic E-state index is 0.320. The quantitative estimate of drug-likeness (QED) is 0.560. The molecule has 0 aromatic rings. The van der Waals surface area contributed by atoms with Crippen molar-refractivity contribution in [2.45, 2.75) is 39.5 Å². The Labute approximate surface area is 80.3 Å². The fraction of sp³-hybridized carbons (Fsp3) is 0.909. The monoisotopic (exact) mass is 181 g/mol. The Bertz CT molecular complexity index is 240. The molecular weight excluding hydrogens is 162 g/mol. The summed E-state index contributed by atoms with van der Waals surface area (Å²) in [5, 5.41) is 0. The summed E-state index contributed by atoms with van der Waals surface area (Å²) in [6.45, 7) is 5.57. The van der Waals surface area contributed by atoms with Crippen LogP contribution < -0.4 is 0 Å². The number of rotatable bonds is 0. The Morgan fingerprint density at radius 3 is 2.46 bits per heavy atom. The van der Waals surface area contributed by atoms with Gasteiger partial charge in [0.15, 0.2) is 0 Å². The third-order valence-electron chi connectivity index (χ3n) is 3.76. The summed E-state index contributed by atoms with van der Waals surface area (Å²) in [5.41, 5.74) is 0.851. The summed E-state index contributed by atoms with van der Waals surface area (Å²) < 4.78 is 0. The summed E-state index contributed by atoms with van der Waals surface area (Å²) in [6.07, 6.45) is 4.45. The van der Waals surface area contributed by atoms with Crippen molar-refractivity contribution >= 4 is 5.91 Å².